The Morgan fingerprint density at radius 1 is 0.948 bits per heavy atom. The van der Waals surface area contributed by atoms with Crippen LogP contribution in [-0.2, 0) is 55.9 Å². The van der Waals surface area contributed by atoms with Gasteiger partial charge < -0.3 is 19.1 Å². The monoisotopic (exact) mass is 853 g/mol. The number of carbonyl (C=O) groups is 2. The molecule has 0 bridgehead atoms. The van der Waals surface area contributed by atoms with E-state index in [1.165, 1.54) is 68.6 Å². The number of esters is 2. The number of carbonyl (C=O) groups excluding carboxylic acids is 2. The molecule has 0 radical (unpaired) electrons. The molecule has 2 heterocycles. The summed E-state index contributed by atoms with van der Waals surface area (Å²) in [5.41, 5.74) is 7.26. The first-order valence-corrected chi connectivity index (χ1v) is 19.6. The average molecular weight is 854 g/mol. The minimum Gasteiger partial charge on any atom is -0.427 e. The van der Waals surface area contributed by atoms with E-state index in [9.17, 15) is 46.4 Å². The molecule has 0 aliphatic carbocycles. The lowest BCUT2D eigenvalue weighted by Crippen LogP contribution is -2.33. The number of rotatable bonds is 16. The standard InChI is InChI=1S/C34H32F3N5O14P2/c1-20-16-42(33(46)39-31(20)44)30-15-28(40-41-38)29(55-30)19-50-57(47,48)56-58(49,51-17-22-3-11-26(12-4-22)53-21(2)43)52-18-23-5-13-27(14-6-23)54-32(45)24-7-9-25(10-8-24)34(35,36)37/h3-14,16,28-30H,15,17-19H2,1-2H3,(H,47,48)(H,39,44,46)/t28?,29-,30-,58?/m1/s1. The molecule has 0 amide bonds. The van der Waals surface area contributed by atoms with Crippen molar-refractivity contribution < 1.29 is 68.9 Å². The summed E-state index contributed by atoms with van der Waals surface area (Å²) < 4.78 is 103. The minimum absolute atomic E-state index is 0.0224. The summed E-state index contributed by atoms with van der Waals surface area (Å²) in [5.74, 6) is -1.37. The van der Waals surface area contributed by atoms with E-state index in [1.54, 1.807) is 0 Å². The van der Waals surface area contributed by atoms with Gasteiger partial charge >= 0.3 is 39.5 Å². The van der Waals surface area contributed by atoms with E-state index in [-0.39, 0.29) is 34.6 Å². The van der Waals surface area contributed by atoms with Crippen LogP contribution in [0.4, 0.5) is 13.2 Å². The number of azide groups is 1. The SMILES string of the molecule is CC(=O)Oc1ccc(COP(=O)(OCc2ccc(OC(=O)c3ccc(C(F)(F)F)cc3)cc2)OP(=O)(O)OC[C@H]2O[C@@H](n3cc(C)c(=O)[nH]c3=O)CC2N=[N+]=[N-])cc1. The zero-order valence-electron chi connectivity index (χ0n) is 30.1. The van der Waals surface area contributed by atoms with Gasteiger partial charge in [-0.05, 0) is 72.1 Å². The Morgan fingerprint density at radius 2 is 1.52 bits per heavy atom. The second-order valence-corrected chi connectivity index (χ2v) is 15.6. The number of nitrogens with zero attached hydrogens (tertiary/aromatic N) is 4. The van der Waals surface area contributed by atoms with Gasteiger partial charge in [0.15, 0.2) is 0 Å². The van der Waals surface area contributed by atoms with Crippen LogP contribution in [0.5, 0.6) is 11.5 Å². The number of phosphoric ester groups is 2. The molecule has 1 saturated heterocycles. The Bertz CT molecular complexity index is 2390. The van der Waals surface area contributed by atoms with Crippen LogP contribution < -0.4 is 20.7 Å². The number of aryl methyl sites for hydroxylation is 1. The molecule has 19 nitrogen and oxygen atoms in total. The van der Waals surface area contributed by atoms with Crippen molar-refractivity contribution in [3.8, 4) is 11.5 Å². The lowest BCUT2D eigenvalue weighted by Gasteiger charge is -2.22. The highest BCUT2D eigenvalue weighted by Gasteiger charge is 2.42. The number of aromatic amines is 1. The highest BCUT2D eigenvalue weighted by Crippen LogP contribution is 2.64. The van der Waals surface area contributed by atoms with Crippen LogP contribution in [0.3, 0.4) is 0 Å². The summed E-state index contributed by atoms with van der Waals surface area (Å²) in [6, 6.07) is 13.3. The number of hydrogen-bond donors (Lipinski definition) is 2. The van der Waals surface area contributed by atoms with Crippen molar-refractivity contribution in [2.75, 3.05) is 6.61 Å². The normalized spacial score (nSPS) is 18.7. The summed E-state index contributed by atoms with van der Waals surface area (Å²) in [6.07, 6.45) is -5.80. The average Bonchev–Trinajstić information content (AvgIpc) is 3.56. The molecule has 58 heavy (non-hydrogen) atoms. The summed E-state index contributed by atoms with van der Waals surface area (Å²) in [5, 5.41) is 3.60. The molecule has 1 aliphatic heterocycles. The van der Waals surface area contributed by atoms with E-state index >= 15 is 0 Å². The number of halogens is 3. The first kappa shape index (κ1) is 43.7. The van der Waals surface area contributed by atoms with Gasteiger partial charge in [-0.1, -0.05) is 29.4 Å². The van der Waals surface area contributed by atoms with Crippen LogP contribution in [0.2, 0.25) is 0 Å². The molecular formula is C34H32F3N5O14P2. The highest BCUT2D eigenvalue weighted by atomic mass is 31.3. The number of hydrogen-bond acceptors (Lipinski definition) is 14. The molecule has 5 atom stereocenters. The lowest BCUT2D eigenvalue weighted by atomic mass is 10.1. The van der Waals surface area contributed by atoms with Crippen LogP contribution in [0, 0.1) is 6.92 Å². The third-order valence-corrected chi connectivity index (χ3v) is 11.0. The van der Waals surface area contributed by atoms with Gasteiger partial charge in [0.05, 0.1) is 43.1 Å². The van der Waals surface area contributed by atoms with Crippen molar-refractivity contribution in [1.82, 2.24) is 9.55 Å². The highest BCUT2D eigenvalue weighted by molar-refractivity contribution is 7.61. The summed E-state index contributed by atoms with van der Waals surface area (Å²) in [6.45, 7) is 0.723. The Hall–Kier alpha value is -5.40. The van der Waals surface area contributed by atoms with Crippen molar-refractivity contribution in [1.29, 1.82) is 0 Å². The molecule has 1 fully saturated rings. The molecule has 0 saturated carbocycles. The maximum absolute atomic E-state index is 13.9. The maximum atomic E-state index is 13.9. The number of phosphoric acid groups is 2. The van der Waals surface area contributed by atoms with Gasteiger partial charge in [-0.25, -0.2) is 18.7 Å². The predicted molar refractivity (Wildman–Crippen MR) is 192 cm³/mol. The van der Waals surface area contributed by atoms with Crippen molar-refractivity contribution in [2.45, 2.75) is 58.0 Å². The number of aromatic nitrogens is 2. The second-order valence-electron chi connectivity index (χ2n) is 12.3. The third kappa shape index (κ3) is 12.1. The van der Waals surface area contributed by atoms with Crippen molar-refractivity contribution in [3.05, 3.63) is 138 Å². The van der Waals surface area contributed by atoms with Crippen LogP contribution >= 0.6 is 15.6 Å². The zero-order chi connectivity index (χ0) is 42.3. The smallest absolute Gasteiger partial charge is 0.427 e. The van der Waals surface area contributed by atoms with E-state index < -0.39 is 88.8 Å². The lowest BCUT2D eigenvalue weighted by molar-refractivity contribution is -0.137. The summed E-state index contributed by atoms with van der Waals surface area (Å²) >= 11 is 0. The number of alkyl halides is 3. The molecule has 3 aromatic carbocycles. The predicted octanol–water partition coefficient (Wildman–Crippen LogP) is 6.65. The second kappa shape index (κ2) is 18.5. The third-order valence-electron chi connectivity index (χ3n) is 8.01. The Kier molecular flexibility index (Phi) is 13.9. The van der Waals surface area contributed by atoms with Crippen LogP contribution in [0.1, 0.15) is 52.2 Å². The van der Waals surface area contributed by atoms with E-state index in [4.69, 9.17) is 37.6 Å². The van der Waals surface area contributed by atoms with E-state index in [2.05, 4.69) is 15.0 Å². The van der Waals surface area contributed by atoms with Gasteiger partial charge in [0.2, 0.25) is 0 Å². The van der Waals surface area contributed by atoms with Crippen molar-refractivity contribution in [2.24, 2.45) is 5.11 Å². The van der Waals surface area contributed by atoms with E-state index in [0.717, 1.165) is 28.8 Å². The Balaban J connectivity index is 1.27. The van der Waals surface area contributed by atoms with Gasteiger partial charge in [0.25, 0.3) is 5.56 Å². The fourth-order valence-electron chi connectivity index (χ4n) is 5.17. The minimum atomic E-state index is -5.38. The molecule has 0 spiro atoms. The van der Waals surface area contributed by atoms with Crippen LogP contribution in [0.25, 0.3) is 10.4 Å². The van der Waals surface area contributed by atoms with Gasteiger partial charge in [0.1, 0.15) is 17.7 Å². The van der Waals surface area contributed by atoms with Crippen molar-refractivity contribution >= 4 is 27.6 Å². The molecule has 308 valence electrons. The topological polar surface area (TPSA) is 257 Å². The number of benzene rings is 3. The molecule has 5 rings (SSSR count). The molecule has 1 aliphatic rings. The summed E-state index contributed by atoms with van der Waals surface area (Å²) in [7, 11) is -10.4. The van der Waals surface area contributed by atoms with Crippen molar-refractivity contribution in [3.63, 3.8) is 0 Å². The number of ether oxygens (including phenoxy) is 3. The van der Waals surface area contributed by atoms with Gasteiger partial charge in [-0.3, -0.25) is 32.7 Å². The van der Waals surface area contributed by atoms with Gasteiger partial charge in [-0.2, -0.15) is 17.5 Å². The quantitative estimate of drug-likeness (QED) is 0.0299. The molecular weight excluding hydrogens is 821 g/mol. The van der Waals surface area contributed by atoms with E-state index in [0.29, 0.717) is 5.56 Å². The van der Waals surface area contributed by atoms with Gasteiger partial charge in [0, 0.05) is 30.0 Å². The summed E-state index contributed by atoms with van der Waals surface area (Å²) in [4.78, 5) is 63.5. The number of nitrogens with one attached hydrogen (secondary N) is 1. The Morgan fingerprint density at radius 3 is 2.05 bits per heavy atom. The fourth-order valence-corrected chi connectivity index (χ4v) is 7.77. The Labute approximate surface area is 325 Å². The molecule has 2 N–H and O–H groups in total. The first-order valence-electron chi connectivity index (χ1n) is 16.7. The van der Waals surface area contributed by atoms with Crippen LogP contribution in [-0.4, -0.2) is 45.1 Å². The molecule has 24 heteroatoms. The molecule has 4 aromatic rings. The molecule has 1 aromatic heterocycles. The first-order chi connectivity index (χ1) is 27.3. The molecule has 3 unspecified atom stereocenters. The van der Waals surface area contributed by atoms with Gasteiger partial charge in [-0.15, -0.1) is 0 Å². The maximum Gasteiger partial charge on any atom is 0.484 e. The largest absolute Gasteiger partial charge is 0.484 e. The zero-order valence-corrected chi connectivity index (χ0v) is 31.9. The number of H-pyrrole nitrogens is 1. The van der Waals surface area contributed by atoms with Crippen LogP contribution in [0.15, 0.2) is 93.7 Å². The van der Waals surface area contributed by atoms with E-state index in [1.807, 2.05) is 0 Å². The fraction of sp³-hybridized carbons (Fsp3) is 0.294.